The summed E-state index contributed by atoms with van der Waals surface area (Å²) in [5.74, 6) is -0.744. The van der Waals surface area contributed by atoms with Crippen molar-refractivity contribution in [1.82, 2.24) is 0 Å². The largest absolute Gasteiger partial charge is 0.457 e. The standard InChI is InChI=1S/C22H19NO3/c1-16-8-7-11-18(14-16)21(24)23-20-13-6-5-12-19(20)22(25)26-15-17-9-3-2-4-10-17/h2-14H,15H2,1H3,(H,23,24). The number of carbonyl (C=O) groups is 2. The summed E-state index contributed by atoms with van der Waals surface area (Å²) in [6.07, 6.45) is 0. The fraction of sp³-hybridized carbons (Fsp3) is 0.0909. The maximum absolute atomic E-state index is 12.5. The predicted molar refractivity (Wildman–Crippen MR) is 101 cm³/mol. The van der Waals surface area contributed by atoms with Crippen LogP contribution in [0.1, 0.15) is 31.8 Å². The number of hydrogen-bond donors (Lipinski definition) is 1. The van der Waals surface area contributed by atoms with Gasteiger partial charge in [-0.3, -0.25) is 4.79 Å². The number of nitrogens with one attached hydrogen (secondary N) is 1. The average Bonchev–Trinajstić information content (AvgIpc) is 2.67. The first-order chi connectivity index (χ1) is 12.6. The van der Waals surface area contributed by atoms with Crippen LogP contribution in [0.4, 0.5) is 5.69 Å². The molecule has 0 aliphatic rings. The van der Waals surface area contributed by atoms with E-state index in [0.717, 1.165) is 11.1 Å². The molecule has 0 atom stereocenters. The minimum Gasteiger partial charge on any atom is -0.457 e. The molecule has 4 heteroatoms. The molecule has 0 bridgehead atoms. The van der Waals surface area contributed by atoms with E-state index < -0.39 is 5.97 Å². The molecule has 0 saturated carbocycles. The summed E-state index contributed by atoms with van der Waals surface area (Å²) < 4.78 is 5.37. The second kappa shape index (κ2) is 8.12. The van der Waals surface area contributed by atoms with Crippen LogP contribution in [0.2, 0.25) is 0 Å². The monoisotopic (exact) mass is 345 g/mol. The van der Waals surface area contributed by atoms with Crippen LogP contribution in [0.5, 0.6) is 0 Å². The van der Waals surface area contributed by atoms with E-state index in [9.17, 15) is 9.59 Å². The van der Waals surface area contributed by atoms with E-state index in [1.165, 1.54) is 0 Å². The van der Waals surface area contributed by atoms with E-state index in [0.29, 0.717) is 16.8 Å². The highest BCUT2D eigenvalue weighted by Gasteiger charge is 2.15. The van der Waals surface area contributed by atoms with Gasteiger partial charge in [-0.05, 0) is 36.8 Å². The number of carbonyl (C=O) groups excluding carboxylic acids is 2. The molecule has 3 aromatic rings. The Morgan fingerprint density at radius 1 is 0.885 bits per heavy atom. The number of ether oxygens (including phenoxy) is 1. The molecule has 3 aromatic carbocycles. The summed E-state index contributed by atoms with van der Waals surface area (Å²) in [5, 5.41) is 2.79. The minimum absolute atomic E-state index is 0.180. The van der Waals surface area contributed by atoms with Crippen molar-refractivity contribution in [3.63, 3.8) is 0 Å². The third-order valence-corrected chi connectivity index (χ3v) is 3.89. The molecule has 0 radical (unpaired) electrons. The van der Waals surface area contributed by atoms with Crippen molar-refractivity contribution in [3.8, 4) is 0 Å². The molecule has 1 N–H and O–H groups in total. The minimum atomic E-state index is -0.478. The van der Waals surface area contributed by atoms with Crippen LogP contribution in [0, 0.1) is 6.92 Å². The molecule has 1 amide bonds. The van der Waals surface area contributed by atoms with E-state index in [1.54, 1.807) is 36.4 Å². The van der Waals surface area contributed by atoms with Crippen LogP contribution in [0.15, 0.2) is 78.9 Å². The summed E-state index contributed by atoms with van der Waals surface area (Å²) in [6.45, 7) is 2.10. The van der Waals surface area contributed by atoms with E-state index >= 15 is 0 Å². The fourth-order valence-electron chi connectivity index (χ4n) is 2.55. The first kappa shape index (κ1) is 17.4. The van der Waals surface area contributed by atoms with Crippen LogP contribution < -0.4 is 5.32 Å². The maximum Gasteiger partial charge on any atom is 0.340 e. The zero-order valence-electron chi connectivity index (χ0n) is 14.4. The zero-order valence-corrected chi connectivity index (χ0v) is 14.4. The Morgan fingerprint density at radius 2 is 1.62 bits per heavy atom. The van der Waals surface area contributed by atoms with Crippen LogP contribution in [0.3, 0.4) is 0 Å². The van der Waals surface area contributed by atoms with Crippen LogP contribution in [0.25, 0.3) is 0 Å². The van der Waals surface area contributed by atoms with Gasteiger partial charge < -0.3 is 10.1 Å². The highest BCUT2D eigenvalue weighted by molar-refractivity contribution is 6.08. The molecule has 0 heterocycles. The molecule has 130 valence electrons. The van der Waals surface area contributed by atoms with E-state index in [4.69, 9.17) is 4.74 Å². The second-order valence-corrected chi connectivity index (χ2v) is 5.93. The Balaban J connectivity index is 1.73. The normalized spacial score (nSPS) is 10.2. The van der Waals surface area contributed by atoms with Gasteiger partial charge >= 0.3 is 5.97 Å². The highest BCUT2D eigenvalue weighted by atomic mass is 16.5. The molecule has 0 aromatic heterocycles. The van der Waals surface area contributed by atoms with Gasteiger partial charge in [0, 0.05) is 5.56 Å². The molecule has 26 heavy (non-hydrogen) atoms. The summed E-state index contributed by atoms with van der Waals surface area (Å²) in [5.41, 5.74) is 3.19. The summed E-state index contributed by atoms with van der Waals surface area (Å²) >= 11 is 0. The number of amides is 1. The third-order valence-electron chi connectivity index (χ3n) is 3.89. The molecular formula is C22H19NO3. The van der Waals surface area contributed by atoms with Crippen molar-refractivity contribution >= 4 is 17.6 Å². The molecule has 0 aliphatic heterocycles. The Hall–Kier alpha value is -3.40. The van der Waals surface area contributed by atoms with Gasteiger partial charge in [-0.25, -0.2) is 4.79 Å². The molecule has 3 rings (SSSR count). The Bertz CT molecular complexity index is 919. The van der Waals surface area contributed by atoms with Gasteiger partial charge in [0.15, 0.2) is 0 Å². The fourth-order valence-corrected chi connectivity index (χ4v) is 2.55. The number of aryl methyl sites for hydroxylation is 1. The smallest absolute Gasteiger partial charge is 0.340 e. The third kappa shape index (κ3) is 4.36. The zero-order chi connectivity index (χ0) is 18.4. The lowest BCUT2D eigenvalue weighted by Gasteiger charge is -2.11. The van der Waals surface area contributed by atoms with Crippen molar-refractivity contribution in [2.45, 2.75) is 13.5 Å². The van der Waals surface area contributed by atoms with Gasteiger partial charge in [-0.15, -0.1) is 0 Å². The molecule has 0 aliphatic carbocycles. The summed E-state index contributed by atoms with van der Waals surface area (Å²) in [7, 11) is 0. The van der Waals surface area contributed by atoms with Gasteiger partial charge in [0.25, 0.3) is 5.91 Å². The van der Waals surface area contributed by atoms with Crippen molar-refractivity contribution in [2.75, 3.05) is 5.32 Å². The van der Waals surface area contributed by atoms with Crippen LogP contribution in [-0.4, -0.2) is 11.9 Å². The lowest BCUT2D eigenvalue weighted by atomic mass is 10.1. The van der Waals surface area contributed by atoms with E-state index in [-0.39, 0.29) is 12.5 Å². The Morgan fingerprint density at radius 3 is 2.38 bits per heavy atom. The first-order valence-corrected chi connectivity index (χ1v) is 8.31. The SMILES string of the molecule is Cc1cccc(C(=O)Nc2ccccc2C(=O)OCc2ccccc2)c1. The number of anilines is 1. The number of benzene rings is 3. The molecule has 0 spiro atoms. The lowest BCUT2D eigenvalue weighted by molar-refractivity contribution is 0.0474. The molecule has 4 nitrogen and oxygen atoms in total. The number of rotatable bonds is 5. The average molecular weight is 345 g/mol. The summed E-state index contributed by atoms with van der Waals surface area (Å²) in [4.78, 5) is 24.9. The van der Waals surface area contributed by atoms with E-state index in [1.807, 2.05) is 49.4 Å². The van der Waals surface area contributed by atoms with Gasteiger partial charge in [-0.1, -0.05) is 60.2 Å². The molecular weight excluding hydrogens is 326 g/mol. The predicted octanol–water partition coefficient (Wildman–Crippen LogP) is 4.60. The first-order valence-electron chi connectivity index (χ1n) is 8.31. The van der Waals surface area contributed by atoms with E-state index in [2.05, 4.69) is 5.32 Å². The topological polar surface area (TPSA) is 55.4 Å². The van der Waals surface area contributed by atoms with Gasteiger partial charge in [0.1, 0.15) is 6.61 Å². The Kier molecular flexibility index (Phi) is 5.44. The molecule has 0 unspecified atom stereocenters. The maximum atomic E-state index is 12.5. The van der Waals surface area contributed by atoms with Crippen molar-refractivity contribution in [1.29, 1.82) is 0 Å². The number of esters is 1. The summed E-state index contributed by atoms with van der Waals surface area (Å²) in [6, 6.07) is 23.6. The molecule has 0 fully saturated rings. The number of hydrogen-bond acceptors (Lipinski definition) is 3. The van der Waals surface area contributed by atoms with Gasteiger partial charge in [0.05, 0.1) is 11.3 Å². The molecule has 0 saturated heterocycles. The Labute approximate surface area is 152 Å². The van der Waals surface area contributed by atoms with Crippen molar-refractivity contribution < 1.29 is 14.3 Å². The van der Waals surface area contributed by atoms with Crippen LogP contribution in [-0.2, 0) is 11.3 Å². The number of para-hydroxylation sites is 1. The van der Waals surface area contributed by atoms with Crippen molar-refractivity contribution in [2.24, 2.45) is 0 Å². The van der Waals surface area contributed by atoms with Crippen LogP contribution >= 0.6 is 0 Å². The van der Waals surface area contributed by atoms with Crippen molar-refractivity contribution in [3.05, 3.63) is 101 Å². The highest BCUT2D eigenvalue weighted by Crippen LogP contribution is 2.18. The van der Waals surface area contributed by atoms with Gasteiger partial charge in [-0.2, -0.15) is 0 Å². The van der Waals surface area contributed by atoms with Gasteiger partial charge in [0.2, 0.25) is 0 Å². The second-order valence-electron chi connectivity index (χ2n) is 5.93. The lowest BCUT2D eigenvalue weighted by Crippen LogP contribution is -2.16. The quantitative estimate of drug-likeness (QED) is 0.687.